The first-order chi connectivity index (χ1) is 10.0. The minimum absolute atomic E-state index is 0.347. The van der Waals surface area contributed by atoms with Crippen molar-refractivity contribution >= 4 is 0 Å². The van der Waals surface area contributed by atoms with Crippen LogP contribution in [0.3, 0.4) is 0 Å². The maximum Gasteiger partial charge on any atom is 0.0628 e. The average Bonchev–Trinajstić information content (AvgIpc) is 2.37. The molecule has 0 aromatic carbocycles. The van der Waals surface area contributed by atoms with Crippen molar-refractivity contribution in [3.63, 3.8) is 0 Å². The van der Waals surface area contributed by atoms with Crippen LogP contribution in [0.2, 0.25) is 0 Å². The highest BCUT2D eigenvalue weighted by Crippen LogP contribution is 2.34. The second kappa shape index (κ2) is 8.50. The second-order valence-corrected chi connectivity index (χ2v) is 7.39. The summed E-state index contributed by atoms with van der Waals surface area (Å²) >= 11 is 0. The molecule has 2 aliphatic carbocycles. The second-order valence-electron chi connectivity index (χ2n) is 7.39. The van der Waals surface area contributed by atoms with Gasteiger partial charge in [-0.15, -0.1) is 0 Å². The molecule has 0 atom stereocenters. The molecule has 0 bridgehead atoms. The number of ether oxygens (including phenoxy) is 3. The summed E-state index contributed by atoms with van der Waals surface area (Å²) in [6.45, 7) is 9.36. The van der Waals surface area contributed by atoms with Gasteiger partial charge in [-0.05, 0) is 78.6 Å². The van der Waals surface area contributed by atoms with E-state index in [0.29, 0.717) is 30.5 Å². The van der Waals surface area contributed by atoms with Crippen LogP contribution in [0.1, 0.15) is 72.6 Å². The lowest BCUT2D eigenvalue weighted by Crippen LogP contribution is -2.41. The maximum absolute atomic E-state index is 6.22. The fraction of sp³-hybridized carbons (Fsp3) is 1.00. The normalized spacial score (nSPS) is 33.4. The van der Waals surface area contributed by atoms with E-state index in [9.17, 15) is 0 Å². The first kappa shape index (κ1) is 17.2. The fourth-order valence-electron chi connectivity index (χ4n) is 3.42. The van der Waals surface area contributed by atoms with Gasteiger partial charge in [-0.2, -0.15) is 0 Å². The molecule has 0 radical (unpaired) electrons. The zero-order valence-corrected chi connectivity index (χ0v) is 14.3. The number of hydrogen-bond acceptors (Lipinski definition) is 3. The van der Waals surface area contributed by atoms with Crippen LogP contribution < -0.4 is 0 Å². The highest BCUT2D eigenvalue weighted by Gasteiger charge is 2.34. The molecular weight excluding hydrogens is 264 g/mol. The zero-order chi connectivity index (χ0) is 15.2. The van der Waals surface area contributed by atoms with Crippen LogP contribution in [-0.4, -0.2) is 37.1 Å². The third kappa shape index (κ3) is 6.25. The Morgan fingerprint density at radius 3 is 2.05 bits per heavy atom. The third-order valence-corrected chi connectivity index (χ3v) is 4.67. The molecule has 124 valence electrons. The van der Waals surface area contributed by atoms with Crippen molar-refractivity contribution in [2.24, 2.45) is 5.92 Å². The molecule has 21 heavy (non-hydrogen) atoms. The lowest BCUT2D eigenvalue weighted by molar-refractivity contribution is -0.145. The predicted octanol–water partition coefficient (Wildman–Crippen LogP) is 4.33. The van der Waals surface area contributed by atoms with Crippen LogP contribution in [0.25, 0.3) is 0 Å². The summed E-state index contributed by atoms with van der Waals surface area (Å²) in [5, 5.41) is 0. The van der Waals surface area contributed by atoms with Crippen molar-refractivity contribution in [3.8, 4) is 0 Å². The van der Waals surface area contributed by atoms with Gasteiger partial charge in [-0.3, -0.25) is 0 Å². The van der Waals surface area contributed by atoms with E-state index in [4.69, 9.17) is 14.2 Å². The first-order valence-electron chi connectivity index (χ1n) is 8.95. The van der Waals surface area contributed by atoms with E-state index in [1.54, 1.807) is 0 Å². The van der Waals surface area contributed by atoms with Crippen LogP contribution in [0, 0.1) is 5.92 Å². The Labute approximate surface area is 130 Å². The summed E-state index contributed by atoms with van der Waals surface area (Å²) in [4.78, 5) is 0. The molecule has 2 saturated carbocycles. The van der Waals surface area contributed by atoms with Crippen molar-refractivity contribution < 1.29 is 14.2 Å². The van der Waals surface area contributed by atoms with Gasteiger partial charge in [0.25, 0.3) is 0 Å². The summed E-state index contributed by atoms with van der Waals surface area (Å²) < 4.78 is 17.7. The smallest absolute Gasteiger partial charge is 0.0628 e. The first-order valence-corrected chi connectivity index (χ1v) is 8.95. The van der Waals surface area contributed by atoms with E-state index in [1.165, 1.54) is 32.1 Å². The van der Waals surface area contributed by atoms with Crippen molar-refractivity contribution in [2.45, 2.75) is 103 Å². The van der Waals surface area contributed by atoms with Crippen LogP contribution >= 0.6 is 0 Å². The fourth-order valence-corrected chi connectivity index (χ4v) is 3.42. The zero-order valence-electron chi connectivity index (χ0n) is 14.3. The Morgan fingerprint density at radius 1 is 0.810 bits per heavy atom. The molecule has 2 aliphatic rings. The van der Waals surface area contributed by atoms with Gasteiger partial charge in [0.2, 0.25) is 0 Å². The molecule has 2 rings (SSSR count). The molecule has 0 aromatic heterocycles. The quantitative estimate of drug-likeness (QED) is 0.667. The molecule has 2 fully saturated rings. The summed E-state index contributed by atoms with van der Waals surface area (Å²) in [7, 11) is 0. The predicted molar refractivity (Wildman–Crippen MR) is 85.6 cm³/mol. The SMILES string of the molecule is CC(C)OCCC1CCC(OC2CC(OC(C)C)C2)CC1. The summed E-state index contributed by atoms with van der Waals surface area (Å²) in [6.07, 6.45) is 10.6. The van der Waals surface area contributed by atoms with E-state index in [2.05, 4.69) is 27.7 Å². The highest BCUT2D eigenvalue weighted by atomic mass is 16.5. The molecule has 0 aromatic rings. The standard InChI is InChI=1S/C18H34O3/c1-13(2)19-10-9-15-5-7-16(8-6-15)21-18-11-17(12-18)20-14(3)4/h13-18H,5-12H2,1-4H3. The Balaban J connectivity index is 1.52. The summed E-state index contributed by atoms with van der Waals surface area (Å²) in [5.41, 5.74) is 0. The van der Waals surface area contributed by atoms with Gasteiger partial charge in [0.15, 0.2) is 0 Å². The van der Waals surface area contributed by atoms with Gasteiger partial charge in [-0.25, -0.2) is 0 Å². The van der Waals surface area contributed by atoms with Gasteiger partial charge in [-0.1, -0.05) is 0 Å². The molecule has 0 saturated heterocycles. The lowest BCUT2D eigenvalue weighted by Gasteiger charge is -2.39. The van der Waals surface area contributed by atoms with E-state index in [-0.39, 0.29) is 0 Å². The monoisotopic (exact) mass is 298 g/mol. The van der Waals surface area contributed by atoms with Crippen molar-refractivity contribution in [1.82, 2.24) is 0 Å². The Bertz CT molecular complexity index is 276. The largest absolute Gasteiger partial charge is 0.379 e. The summed E-state index contributed by atoms with van der Waals surface area (Å²) in [6, 6.07) is 0. The minimum atomic E-state index is 0.347. The topological polar surface area (TPSA) is 27.7 Å². The molecule has 0 unspecified atom stereocenters. The van der Waals surface area contributed by atoms with Gasteiger partial charge in [0, 0.05) is 6.61 Å². The Kier molecular flexibility index (Phi) is 6.97. The molecule has 3 heteroatoms. The molecule has 3 nitrogen and oxygen atoms in total. The van der Waals surface area contributed by atoms with Crippen LogP contribution in [0.15, 0.2) is 0 Å². The highest BCUT2D eigenvalue weighted by molar-refractivity contribution is 4.84. The van der Waals surface area contributed by atoms with Gasteiger partial charge >= 0.3 is 0 Å². The van der Waals surface area contributed by atoms with Crippen LogP contribution in [0.4, 0.5) is 0 Å². The van der Waals surface area contributed by atoms with E-state index in [0.717, 1.165) is 25.4 Å². The maximum atomic E-state index is 6.22. The van der Waals surface area contributed by atoms with Gasteiger partial charge < -0.3 is 14.2 Å². The Morgan fingerprint density at radius 2 is 1.48 bits per heavy atom. The number of hydrogen-bond donors (Lipinski definition) is 0. The molecule has 0 aliphatic heterocycles. The van der Waals surface area contributed by atoms with Gasteiger partial charge in [0.05, 0.1) is 30.5 Å². The average molecular weight is 298 g/mol. The van der Waals surface area contributed by atoms with Crippen molar-refractivity contribution in [2.75, 3.05) is 6.61 Å². The minimum Gasteiger partial charge on any atom is -0.379 e. The molecule has 0 amide bonds. The van der Waals surface area contributed by atoms with Crippen molar-refractivity contribution in [3.05, 3.63) is 0 Å². The number of rotatable bonds is 8. The van der Waals surface area contributed by atoms with E-state index < -0.39 is 0 Å². The van der Waals surface area contributed by atoms with Gasteiger partial charge in [0.1, 0.15) is 0 Å². The van der Waals surface area contributed by atoms with Crippen molar-refractivity contribution in [1.29, 1.82) is 0 Å². The van der Waals surface area contributed by atoms with Crippen LogP contribution in [0.5, 0.6) is 0 Å². The van der Waals surface area contributed by atoms with Crippen LogP contribution in [-0.2, 0) is 14.2 Å². The van der Waals surface area contributed by atoms with E-state index in [1.807, 2.05) is 0 Å². The molecule has 0 heterocycles. The molecule has 0 N–H and O–H groups in total. The third-order valence-electron chi connectivity index (χ3n) is 4.67. The molecular formula is C18H34O3. The lowest BCUT2D eigenvalue weighted by atomic mass is 9.84. The Hall–Kier alpha value is -0.120. The van der Waals surface area contributed by atoms with E-state index >= 15 is 0 Å². The summed E-state index contributed by atoms with van der Waals surface area (Å²) in [5.74, 6) is 0.849. The molecule has 0 spiro atoms.